The van der Waals surface area contributed by atoms with Crippen LogP contribution in [-0.4, -0.2) is 41.8 Å². The normalized spacial score (nSPS) is 32.5. The molecule has 1 rings (SSSR count). The Balaban J connectivity index is 2.35. The zero-order valence-corrected chi connectivity index (χ0v) is 5.19. The van der Waals surface area contributed by atoms with E-state index in [0.717, 1.165) is 0 Å². The van der Waals surface area contributed by atoms with E-state index < -0.39 is 18.4 Å². The summed E-state index contributed by atoms with van der Waals surface area (Å²) >= 11 is 0. The Hall–Kier alpha value is -0.650. The van der Waals surface area contributed by atoms with Crippen molar-refractivity contribution in [1.82, 2.24) is 0 Å². The smallest absolute Gasteiger partial charge is 0.335 e. The number of aliphatic carboxylic acids is 1. The van der Waals surface area contributed by atoms with E-state index in [-0.39, 0.29) is 13.2 Å². The molecule has 2 unspecified atom stereocenters. The predicted octanol–water partition coefficient (Wildman–Crippen LogP) is -1.20. The molecule has 0 spiro atoms. The molecule has 5 nitrogen and oxygen atoms in total. The Labute approximate surface area is 57.2 Å². The van der Waals surface area contributed by atoms with Gasteiger partial charge in [-0.05, 0) is 0 Å². The van der Waals surface area contributed by atoms with Crippen LogP contribution >= 0.6 is 0 Å². The lowest BCUT2D eigenvalue weighted by atomic mass is 10.4. The van der Waals surface area contributed by atoms with Gasteiger partial charge in [0.2, 0.25) is 0 Å². The van der Waals surface area contributed by atoms with Crippen molar-refractivity contribution in [3.63, 3.8) is 0 Å². The van der Waals surface area contributed by atoms with Crippen LogP contribution in [-0.2, 0) is 14.3 Å². The SMILES string of the molecule is O=C(O)C1COC(CO)O1. The molecule has 0 aromatic carbocycles. The van der Waals surface area contributed by atoms with E-state index in [9.17, 15) is 4.79 Å². The summed E-state index contributed by atoms with van der Waals surface area (Å²) in [5.74, 6) is -1.06. The van der Waals surface area contributed by atoms with Gasteiger partial charge < -0.3 is 19.7 Å². The minimum atomic E-state index is -1.06. The summed E-state index contributed by atoms with van der Waals surface area (Å²) in [6.07, 6.45) is -1.68. The highest BCUT2D eigenvalue weighted by Crippen LogP contribution is 2.10. The molecule has 0 radical (unpaired) electrons. The average molecular weight is 148 g/mol. The third-order valence-electron chi connectivity index (χ3n) is 1.17. The van der Waals surface area contributed by atoms with Gasteiger partial charge in [0.15, 0.2) is 12.4 Å². The van der Waals surface area contributed by atoms with Crippen molar-refractivity contribution in [2.24, 2.45) is 0 Å². The van der Waals surface area contributed by atoms with Crippen molar-refractivity contribution in [3.05, 3.63) is 0 Å². The van der Waals surface area contributed by atoms with Gasteiger partial charge in [-0.1, -0.05) is 0 Å². The van der Waals surface area contributed by atoms with Crippen molar-refractivity contribution < 1.29 is 24.5 Å². The molecule has 0 bridgehead atoms. The lowest BCUT2D eigenvalue weighted by molar-refractivity contribution is -0.152. The minimum Gasteiger partial charge on any atom is -0.479 e. The molecule has 1 fully saturated rings. The van der Waals surface area contributed by atoms with E-state index in [1.807, 2.05) is 0 Å². The molecule has 10 heavy (non-hydrogen) atoms. The molecular weight excluding hydrogens is 140 g/mol. The molecule has 5 heteroatoms. The predicted molar refractivity (Wildman–Crippen MR) is 29.3 cm³/mol. The Morgan fingerprint density at radius 2 is 2.40 bits per heavy atom. The highest BCUT2D eigenvalue weighted by Gasteiger charge is 2.30. The van der Waals surface area contributed by atoms with Crippen LogP contribution in [0.25, 0.3) is 0 Å². The third kappa shape index (κ3) is 1.44. The van der Waals surface area contributed by atoms with Crippen LogP contribution in [0.5, 0.6) is 0 Å². The third-order valence-corrected chi connectivity index (χ3v) is 1.17. The molecule has 2 N–H and O–H groups in total. The first-order valence-electron chi connectivity index (χ1n) is 2.84. The van der Waals surface area contributed by atoms with Crippen molar-refractivity contribution >= 4 is 5.97 Å². The quantitative estimate of drug-likeness (QED) is 0.514. The largest absolute Gasteiger partial charge is 0.479 e. The Kier molecular flexibility index (Phi) is 2.21. The van der Waals surface area contributed by atoms with Gasteiger partial charge in [0.05, 0.1) is 13.2 Å². The molecular formula is C5H8O5. The Morgan fingerprint density at radius 3 is 2.70 bits per heavy atom. The van der Waals surface area contributed by atoms with E-state index in [2.05, 4.69) is 0 Å². The molecule has 1 saturated heterocycles. The van der Waals surface area contributed by atoms with Gasteiger partial charge in [0, 0.05) is 0 Å². The average Bonchev–Trinajstić information content (AvgIpc) is 2.34. The molecule has 1 heterocycles. The summed E-state index contributed by atoms with van der Waals surface area (Å²) in [5.41, 5.74) is 0. The summed E-state index contributed by atoms with van der Waals surface area (Å²) in [6, 6.07) is 0. The number of aliphatic hydroxyl groups excluding tert-OH is 1. The first kappa shape index (κ1) is 7.46. The van der Waals surface area contributed by atoms with Gasteiger partial charge in [-0.3, -0.25) is 0 Å². The number of carboxylic acids is 1. The highest BCUT2D eigenvalue weighted by atomic mass is 16.7. The van der Waals surface area contributed by atoms with E-state index in [4.69, 9.17) is 19.7 Å². The topological polar surface area (TPSA) is 76.0 Å². The van der Waals surface area contributed by atoms with Gasteiger partial charge in [-0.25, -0.2) is 4.79 Å². The summed E-state index contributed by atoms with van der Waals surface area (Å²) < 4.78 is 9.42. The van der Waals surface area contributed by atoms with Crippen molar-refractivity contribution in [2.45, 2.75) is 12.4 Å². The van der Waals surface area contributed by atoms with E-state index in [1.165, 1.54) is 0 Å². The fourth-order valence-electron chi connectivity index (χ4n) is 0.682. The first-order valence-corrected chi connectivity index (χ1v) is 2.84. The summed E-state index contributed by atoms with van der Waals surface area (Å²) in [6.45, 7) is -0.287. The van der Waals surface area contributed by atoms with E-state index >= 15 is 0 Å². The molecule has 2 atom stereocenters. The molecule has 0 saturated carbocycles. The van der Waals surface area contributed by atoms with Crippen molar-refractivity contribution in [3.8, 4) is 0 Å². The maximum absolute atomic E-state index is 10.2. The zero-order valence-electron chi connectivity index (χ0n) is 5.19. The highest BCUT2D eigenvalue weighted by molar-refractivity contribution is 5.72. The minimum absolute atomic E-state index is 0.0144. The monoisotopic (exact) mass is 148 g/mol. The van der Waals surface area contributed by atoms with Gasteiger partial charge in [-0.15, -0.1) is 0 Å². The lowest BCUT2D eigenvalue weighted by Gasteiger charge is -2.03. The van der Waals surface area contributed by atoms with Crippen LogP contribution in [0.3, 0.4) is 0 Å². The molecule has 58 valence electrons. The lowest BCUT2D eigenvalue weighted by Crippen LogP contribution is -2.23. The van der Waals surface area contributed by atoms with Crippen molar-refractivity contribution in [1.29, 1.82) is 0 Å². The molecule has 1 aliphatic heterocycles. The maximum Gasteiger partial charge on any atom is 0.335 e. The molecule has 0 aliphatic carbocycles. The Bertz CT molecular complexity index is 134. The van der Waals surface area contributed by atoms with Crippen LogP contribution in [0.2, 0.25) is 0 Å². The number of carboxylic acid groups (broad SMARTS) is 1. The van der Waals surface area contributed by atoms with Crippen LogP contribution in [0, 0.1) is 0 Å². The van der Waals surface area contributed by atoms with Gasteiger partial charge in [-0.2, -0.15) is 0 Å². The van der Waals surface area contributed by atoms with Crippen molar-refractivity contribution in [2.75, 3.05) is 13.2 Å². The molecule has 1 aliphatic rings. The Morgan fingerprint density at radius 1 is 1.70 bits per heavy atom. The second-order valence-corrected chi connectivity index (χ2v) is 1.91. The second-order valence-electron chi connectivity index (χ2n) is 1.91. The van der Waals surface area contributed by atoms with E-state index in [0.29, 0.717) is 0 Å². The molecule has 0 aromatic rings. The first-order chi connectivity index (χ1) is 4.74. The number of carbonyl (C=O) groups is 1. The van der Waals surface area contributed by atoms with E-state index in [1.54, 1.807) is 0 Å². The zero-order chi connectivity index (χ0) is 7.56. The maximum atomic E-state index is 10.2. The standard InChI is InChI=1S/C5H8O5/c6-1-4-9-2-3(10-4)5(7)8/h3-4,6H,1-2H2,(H,7,8). The van der Waals surface area contributed by atoms with Crippen LogP contribution in [0.4, 0.5) is 0 Å². The molecule has 0 aromatic heterocycles. The summed E-state index contributed by atoms with van der Waals surface area (Å²) in [7, 11) is 0. The van der Waals surface area contributed by atoms with Gasteiger partial charge in [0.25, 0.3) is 0 Å². The van der Waals surface area contributed by atoms with Crippen LogP contribution in [0.1, 0.15) is 0 Å². The summed E-state index contributed by atoms with van der Waals surface area (Å²) in [4.78, 5) is 10.2. The summed E-state index contributed by atoms with van der Waals surface area (Å²) in [5, 5.41) is 16.8. The number of hydrogen-bond acceptors (Lipinski definition) is 4. The van der Waals surface area contributed by atoms with Crippen LogP contribution in [0.15, 0.2) is 0 Å². The second kappa shape index (κ2) is 2.96. The van der Waals surface area contributed by atoms with Gasteiger partial charge in [0.1, 0.15) is 0 Å². The fourth-order valence-corrected chi connectivity index (χ4v) is 0.682. The number of hydrogen-bond donors (Lipinski definition) is 2. The molecule has 0 amide bonds. The number of rotatable bonds is 2. The number of ether oxygens (including phenoxy) is 2. The number of aliphatic hydroxyl groups is 1. The van der Waals surface area contributed by atoms with Crippen LogP contribution < -0.4 is 0 Å². The van der Waals surface area contributed by atoms with Gasteiger partial charge >= 0.3 is 5.97 Å². The fraction of sp³-hybridized carbons (Fsp3) is 0.800.